The Morgan fingerprint density at radius 2 is 1.96 bits per heavy atom. The lowest BCUT2D eigenvalue weighted by atomic mass is 10.2. The maximum Gasteiger partial charge on any atom is 0.253 e. The van der Waals surface area contributed by atoms with E-state index in [2.05, 4.69) is 15.6 Å². The summed E-state index contributed by atoms with van der Waals surface area (Å²) in [5, 5.41) is 6.74. The molecule has 2 N–H and O–H groups in total. The summed E-state index contributed by atoms with van der Waals surface area (Å²) >= 11 is 5.87. The summed E-state index contributed by atoms with van der Waals surface area (Å²) in [4.78, 5) is 16.3. The zero-order valence-electron chi connectivity index (χ0n) is 12.8. The van der Waals surface area contributed by atoms with Crippen molar-refractivity contribution >= 4 is 23.2 Å². The Kier molecular flexibility index (Phi) is 5.13. The van der Waals surface area contributed by atoms with Crippen molar-refractivity contribution in [3.63, 3.8) is 0 Å². The molecular weight excluding hydrogens is 326 g/mol. The van der Waals surface area contributed by atoms with Crippen LogP contribution in [0.4, 0.5) is 5.69 Å². The fraction of sp³-hybridized carbons (Fsp3) is 0.111. The van der Waals surface area contributed by atoms with Crippen LogP contribution < -0.4 is 10.6 Å². The minimum Gasteiger partial charge on any atom is -0.467 e. The average Bonchev–Trinajstić information content (AvgIpc) is 3.13. The standard InChI is InChI=1S/C18H16ClN3O2/c19-15-5-3-13(4-6-15)9-21-16-8-14(10-20-11-16)18(23)22-12-17-2-1-7-24-17/h1-8,10-11,21H,9,12H2,(H,22,23). The topological polar surface area (TPSA) is 67.2 Å². The summed E-state index contributed by atoms with van der Waals surface area (Å²) in [6.45, 7) is 0.963. The highest BCUT2D eigenvalue weighted by Gasteiger charge is 2.07. The lowest BCUT2D eigenvalue weighted by molar-refractivity contribution is 0.0947. The van der Waals surface area contributed by atoms with Crippen LogP contribution in [0.1, 0.15) is 21.7 Å². The number of rotatable bonds is 6. The van der Waals surface area contributed by atoms with Crippen LogP contribution >= 0.6 is 11.6 Å². The molecule has 0 bridgehead atoms. The van der Waals surface area contributed by atoms with Crippen LogP contribution in [0.5, 0.6) is 0 Å². The summed E-state index contributed by atoms with van der Waals surface area (Å²) < 4.78 is 5.19. The number of carbonyl (C=O) groups is 1. The first-order valence-electron chi connectivity index (χ1n) is 7.44. The molecule has 1 amide bonds. The lowest BCUT2D eigenvalue weighted by Gasteiger charge is -2.08. The zero-order chi connectivity index (χ0) is 16.8. The van der Waals surface area contributed by atoms with Crippen molar-refractivity contribution in [2.24, 2.45) is 0 Å². The SMILES string of the molecule is O=C(NCc1ccco1)c1cncc(NCc2ccc(Cl)cc2)c1. The van der Waals surface area contributed by atoms with Gasteiger partial charge in [0.25, 0.3) is 5.91 Å². The second-order valence-electron chi connectivity index (χ2n) is 5.20. The molecule has 0 aliphatic rings. The van der Waals surface area contributed by atoms with Crippen LogP contribution in [0.3, 0.4) is 0 Å². The van der Waals surface area contributed by atoms with Crippen molar-refractivity contribution in [2.45, 2.75) is 13.1 Å². The minimum atomic E-state index is -0.200. The van der Waals surface area contributed by atoms with Gasteiger partial charge in [-0.1, -0.05) is 23.7 Å². The quantitative estimate of drug-likeness (QED) is 0.714. The zero-order valence-corrected chi connectivity index (χ0v) is 13.6. The van der Waals surface area contributed by atoms with Crippen molar-refractivity contribution in [2.75, 3.05) is 5.32 Å². The maximum absolute atomic E-state index is 12.2. The molecule has 0 aliphatic carbocycles. The summed E-state index contributed by atoms with van der Waals surface area (Å²) in [5.41, 5.74) is 2.35. The molecule has 2 heterocycles. The smallest absolute Gasteiger partial charge is 0.253 e. The van der Waals surface area contributed by atoms with Gasteiger partial charge in [0.15, 0.2) is 0 Å². The summed E-state index contributed by atoms with van der Waals surface area (Å²) in [6, 6.07) is 12.9. The Balaban J connectivity index is 1.58. The van der Waals surface area contributed by atoms with Crippen LogP contribution in [0.2, 0.25) is 5.02 Å². The molecule has 0 radical (unpaired) electrons. The highest BCUT2D eigenvalue weighted by atomic mass is 35.5. The van der Waals surface area contributed by atoms with E-state index in [4.69, 9.17) is 16.0 Å². The molecule has 0 fully saturated rings. The molecule has 5 nitrogen and oxygen atoms in total. The highest BCUT2D eigenvalue weighted by molar-refractivity contribution is 6.30. The predicted octanol–water partition coefficient (Wildman–Crippen LogP) is 3.87. The number of anilines is 1. The lowest BCUT2D eigenvalue weighted by Crippen LogP contribution is -2.22. The molecule has 3 aromatic rings. The van der Waals surface area contributed by atoms with Crippen molar-refractivity contribution in [3.05, 3.63) is 83.0 Å². The molecular formula is C18H16ClN3O2. The Bertz CT molecular complexity index is 801. The van der Waals surface area contributed by atoms with E-state index in [-0.39, 0.29) is 5.91 Å². The number of aromatic nitrogens is 1. The number of furan rings is 1. The van der Waals surface area contributed by atoms with Gasteiger partial charge in [-0.2, -0.15) is 0 Å². The van der Waals surface area contributed by atoms with Crippen LogP contribution in [-0.2, 0) is 13.1 Å². The molecule has 2 aromatic heterocycles. The average molecular weight is 342 g/mol. The fourth-order valence-corrected chi connectivity index (χ4v) is 2.28. The van der Waals surface area contributed by atoms with Gasteiger partial charge in [-0.05, 0) is 35.9 Å². The Hall–Kier alpha value is -2.79. The number of benzene rings is 1. The van der Waals surface area contributed by atoms with Gasteiger partial charge >= 0.3 is 0 Å². The fourth-order valence-electron chi connectivity index (χ4n) is 2.15. The number of pyridine rings is 1. The summed E-state index contributed by atoms with van der Waals surface area (Å²) in [7, 11) is 0. The maximum atomic E-state index is 12.2. The van der Waals surface area contributed by atoms with E-state index in [0.717, 1.165) is 11.3 Å². The first kappa shape index (κ1) is 16.1. The van der Waals surface area contributed by atoms with Gasteiger partial charge in [0.05, 0.1) is 24.1 Å². The number of hydrogen-bond acceptors (Lipinski definition) is 4. The molecule has 0 unspecified atom stereocenters. The molecule has 3 rings (SSSR count). The highest BCUT2D eigenvalue weighted by Crippen LogP contribution is 2.13. The molecule has 0 aliphatic heterocycles. The third kappa shape index (κ3) is 4.36. The summed E-state index contributed by atoms with van der Waals surface area (Å²) in [6.07, 6.45) is 4.79. The largest absolute Gasteiger partial charge is 0.467 e. The molecule has 0 saturated heterocycles. The van der Waals surface area contributed by atoms with Gasteiger partial charge < -0.3 is 15.1 Å². The molecule has 1 aromatic carbocycles. The van der Waals surface area contributed by atoms with Crippen LogP contribution in [0.25, 0.3) is 0 Å². The van der Waals surface area contributed by atoms with E-state index in [9.17, 15) is 4.79 Å². The second-order valence-corrected chi connectivity index (χ2v) is 5.64. The van der Waals surface area contributed by atoms with Gasteiger partial charge in [0.1, 0.15) is 5.76 Å². The monoisotopic (exact) mass is 341 g/mol. The van der Waals surface area contributed by atoms with Gasteiger partial charge in [0, 0.05) is 24.0 Å². The van der Waals surface area contributed by atoms with Crippen LogP contribution in [0, 0.1) is 0 Å². The number of carbonyl (C=O) groups excluding carboxylic acids is 1. The molecule has 24 heavy (non-hydrogen) atoms. The Morgan fingerprint density at radius 3 is 2.71 bits per heavy atom. The van der Waals surface area contributed by atoms with Gasteiger partial charge in [-0.15, -0.1) is 0 Å². The predicted molar refractivity (Wildman–Crippen MR) is 92.9 cm³/mol. The number of amides is 1. The van der Waals surface area contributed by atoms with E-state index < -0.39 is 0 Å². The minimum absolute atomic E-state index is 0.200. The first-order valence-corrected chi connectivity index (χ1v) is 7.82. The first-order chi connectivity index (χ1) is 11.7. The number of halogens is 1. The van der Waals surface area contributed by atoms with E-state index in [1.165, 1.54) is 6.20 Å². The summed E-state index contributed by atoms with van der Waals surface area (Å²) in [5.74, 6) is 0.502. The van der Waals surface area contributed by atoms with Crippen molar-refractivity contribution in [1.82, 2.24) is 10.3 Å². The number of hydrogen-bond donors (Lipinski definition) is 2. The van der Waals surface area contributed by atoms with Crippen LogP contribution in [0.15, 0.2) is 65.5 Å². The van der Waals surface area contributed by atoms with E-state index in [0.29, 0.717) is 29.4 Å². The van der Waals surface area contributed by atoms with Crippen molar-refractivity contribution in [1.29, 1.82) is 0 Å². The van der Waals surface area contributed by atoms with Gasteiger partial charge in [-0.3, -0.25) is 9.78 Å². The third-order valence-corrected chi connectivity index (χ3v) is 3.67. The molecule has 0 saturated carbocycles. The molecule has 122 valence electrons. The molecule has 6 heteroatoms. The van der Waals surface area contributed by atoms with Crippen molar-refractivity contribution < 1.29 is 9.21 Å². The number of nitrogens with one attached hydrogen (secondary N) is 2. The molecule has 0 spiro atoms. The third-order valence-electron chi connectivity index (χ3n) is 3.41. The van der Waals surface area contributed by atoms with E-state index >= 15 is 0 Å². The van der Waals surface area contributed by atoms with Crippen LogP contribution in [-0.4, -0.2) is 10.9 Å². The van der Waals surface area contributed by atoms with E-state index in [1.807, 2.05) is 30.3 Å². The normalized spacial score (nSPS) is 10.4. The van der Waals surface area contributed by atoms with Gasteiger partial charge in [-0.25, -0.2) is 0 Å². The van der Waals surface area contributed by atoms with Gasteiger partial charge in [0.2, 0.25) is 0 Å². The molecule has 0 atom stereocenters. The number of nitrogens with zero attached hydrogens (tertiary/aromatic N) is 1. The van der Waals surface area contributed by atoms with E-state index in [1.54, 1.807) is 24.6 Å². The Morgan fingerprint density at radius 1 is 1.12 bits per heavy atom. The van der Waals surface area contributed by atoms with Crippen molar-refractivity contribution in [3.8, 4) is 0 Å². The second kappa shape index (κ2) is 7.66. The Labute approximate surface area is 144 Å².